The van der Waals surface area contributed by atoms with E-state index in [1.807, 2.05) is 24.3 Å². The second-order valence-corrected chi connectivity index (χ2v) is 10.2. The summed E-state index contributed by atoms with van der Waals surface area (Å²) in [6, 6.07) is 26.8. The van der Waals surface area contributed by atoms with Gasteiger partial charge in [0, 0.05) is 34.7 Å². The molecule has 2 heterocycles. The van der Waals surface area contributed by atoms with Crippen LogP contribution in [0.15, 0.2) is 108 Å². The Labute approximate surface area is 228 Å². The number of nitrogens with zero attached hydrogens (tertiary/aromatic N) is 3. The number of Topliss-reactive ketones (excluding diaryl/α,β-unsaturated/α-hetero) is 3. The fourth-order valence-corrected chi connectivity index (χ4v) is 6.73. The quantitative estimate of drug-likeness (QED) is 0.152. The van der Waals surface area contributed by atoms with Gasteiger partial charge in [0.1, 0.15) is 11.5 Å². The Kier molecular flexibility index (Phi) is 5.15. The van der Waals surface area contributed by atoms with Gasteiger partial charge in [0.05, 0.1) is 17.2 Å². The van der Waals surface area contributed by atoms with E-state index in [2.05, 4.69) is 0 Å². The molecule has 0 unspecified atom stereocenters. The predicted molar refractivity (Wildman–Crippen MR) is 147 cm³/mol. The van der Waals surface area contributed by atoms with Crippen LogP contribution in [-0.2, 0) is 0 Å². The molecule has 1 saturated heterocycles. The van der Waals surface area contributed by atoms with Crippen LogP contribution in [0.1, 0.15) is 59.7 Å². The Balaban J connectivity index is 1.55. The predicted octanol–water partition coefficient (Wildman–Crippen LogP) is 5.40. The number of hydrogen-bond acceptors (Lipinski definition) is 7. The van der Waals surface area contributed by atoms with Crippen LogP contribution >= 0.6 is 0 Å². The van der Waals surface area contributed by atoms with Crippen molar-refractivity contribution >= 4 is 29.3 Å². The lowest BCUT2D eigenvalue weighted by Gasteiger charge is -2.36. The van der Waals surface area contributed by atoms with E-state index in [9.17, 15) is 24.5 Å². The average Bonchev–Trinajstić information content (AvgIpc) is 3.43. The molecule has 1 fully saturated rings. The van der Waals surface area contributed by atoms with Crippen LogP contribution in [0.25, 0.3) is 0 Å². The molecule has 0 N–H and O–H groups in total. The number of carbonyl (C=O) groups excluding carboxylic acids is 3. The van der Waals surface area contributed by atoms with Gasteiger partial charge in [-0.3, -0.25) is 29.5 Å². The highest BCUT2D eigenvalue weighted by Gasteiger charge is 2.72. The van der Waals surface area contributed by atoms with Crippen molar-refractivity contribution < 1.29 is 19.3 Å². The maximum atomic E-state index is 14.6. The van der Waals surface area contributed by atoms with E-state index in [0.29, 0.717) is 22.3 Å². The summed E-state index contributed by atoms with van der Waals surface area (Å²) in [5.74, 6) is -2.01. The van der Waals surface area contributed by atoms with E-state index in [1.165, 1.54) is 12.1 Å². The number of rotatable bonds is 4. The van der Waals surface area contributed by atoms with E-state index in [1.54, 1.807) is 78.0 Å². The number of nitro benzene ring substituents is 1. The van der Waals surface area contributed by atoms with Gasteiger partial charge in [-0.15, -0.1) is 0 Å². The third-order valence-electron chi connectivity index (χ3n) is 8.37. The smallest absolute Gasteiger partial charge is 0.269 e. The molecule has 1 aliphatic carbocycles. The van der Waals surface area contributed by atoms with Crippen molar-refractivity contribution in [1.29, 1.82) is 0 Å². The maximum absolute atomic E-state index is 14.6. The van der Waals surface area contributed by atoms with E-state index >= 15 is 0 Å². The number of non-ortho nitro benzene ring substituents is 1. The van der Waals surface area contributed by atoms with E-state index < -0.39 is 28.3 Å². The summed E-state index contributed by atoms with van der Waals surface area (Å²) in [5.41, 5.74) is 1.14. The standard InChI is InChI=1S/C32H21N3O5/c36-28(20-8-2-1-3-9-20)27-26(19-14-16-22(17-15-19)35(39)40)32(30(37)24-12-6-7-13-25(24)31(32)38)29-23-11-5-4-10-21(23)18-33-34(27)29/h1-18,26-27,29H/t26-,27+,29-/m0/s1. The van der Waals surface area contributed by atoms with Crippen molar-refractivity contribution in [2.75, 3.05) is 0 Å². The lowest BCUT2D eigenvalue weighted by molar-refractivity contribution is -0.384. The molecule has 8 nitrogen and oxygen atoms in total. The van der Waals surface area contributed by atoms with Crippen molar-refractivity contribution in [3.8, 4) is 0 Å². The zero-order valence-electron chi connectivity index (χ0n) is 21.0. The minimum atomic E-state index is -1.72. The molecule has 0 bridgehead atoms. The Morgan fingerprint density at radius 3 is 2.05 bits per heavy atom. The van der Waals surface area contributed by atoms with Crippen LogP contribution < -0.4 is 0 Å². The van der Waals surface area contributed by atoms with Crippen LogP contribution in [0.3, 0.4) is 0 Å². The van der Waals surface area contributed by atoms with Gasteiger partial charge >= 0.3 is 0 Å². The normalized spacial score (nSPS) is 21.7. The summed E-state index contributed by atoms with van der Waals surface area (Å²) in [4.78, 5) is 54.6. The number of benzene rings is 4. The van der Waals surface area contributed by atoms with Crippen LogP contribution in [0.2, 0.25) is 0 Å². The number of hydrogen-bond donors (Lipinski definition) is 0. The minimum Gasteiger partial charge on any atom is -0.293 e. The van der Waals surface area contributed by atoms with Gasteiger partial charge in [0.2, 0.25) is 0 Å². The molecule has 7 rings (SSSR count). The minimum absolute atomic E-state index is 0.129. The van der Waals surface area contributed by atoms with Gasteiger partial charge in [-0.1, -0.05) is 91.0 Å². The molecule has 40 heavy (non-hydrogen) atoms. The third kappa shape index (κ3) is 3.07. The molecule has 0 aromatic heterocycles. The highest BCUT2D eigenvalue weighted by atomic mass is 16.6. The second kappa shape index (κ2) is 8.64. The Hall–Kier alpha value is -5.24. The molecule has 1 spiro atoms. The first kappa shape index (κ1) is 23.8. The van der Waals surface area contributed by atoms with Gasteiger partial charge < -0.3 is 0 Å². The van der Waals surface area contributed by atoms with Crippen molar-refractivity contribution in [2.45, 2.75) is 18.0 Å². The van der Waals surface area contributed by atoms with Crippen LogP contribution in [0.4, 0.5) is 5.69 Å². The topological polar surface area (TPSA) is 110 Å². The number of fused-ring (bicyclic) bond motifs is 5. The Morgan fingerprint density at radius 1 is 0.800 bits per heavy atom. The highest BCUT2D eigenvalue weighted by Crippen LogP contribution is 2.64. The molecule has 0 saturated carbocycles. The first-order valence-electron chi connectivity index (χ1n) is 12.9. The molecule has 0 radical (unpaired) electrons. The Bertz CT molecular complexity index is 1730. The van der Waals surface area contributed by atoms with Gasteiger partial charge in [-0.25, -0.2) is 0 Å². The second-order valence-electron chi connectivity index (χ2n) is 10.2. The van der Waals surface area contributed by atoms with Gasteiger partial charge in [0.25, 0.3) is 5.69 Å². The lowest BCUT2D eigenvalue weighted by atomic mass is 9.63. The first-order chi connectivity index (χ1) is 19.4. The number of hydrazone groups is 1. The first-order valence-corrected chi connectivity index (χ1v) is 12.9. The Morgan fingerprint density at radius 2 is 1.40 bits per heavy atom. The van der Waals surface area contributed by atoms with Gasteiger partial charge in [0.15, 0.2) is 17.3 Å². The SMILES string of the molecule is O=C(c1ccccc1)[C@H]1[C@H](c2ccc([N+](=O)[O-])cc2)C2(C(=O)c3ccccc3C2=O)[C@@H]2c3ccccc3C=NN21. The maximum Gasteiger partial charge on any atom is 0.269 e. The van der Waals surface area contributed by atoms with Gasteiger partial charge in [-0.2, -0.15) is 5.10 Å². The summed E-state index contributed by atoms with van der Waals surface area (Å²) in [7, 11) is 0. The zero-order valence-corrected chi connectivity index (χ0v) is 21.0. The largest absolute Gasteiger partial charge is 0.293 e. The lowest BCUT2D eigenvalue weighted by Crippen LogP contribution is -2.43. The fourth-order valence-electron chi connectivity index (χ4n) is 6.73. The molecular weight excluding hydrogens is 506 g/mol. The fraction of sp³-hybridized carbons (Fsp3) is 0.125. The highest BCUT2D eigenvalue weighted by molar-refractivity contribution is 6.31. The van der Waals surface area contributed by atoms with Gasteiger partial charge in [-0.05, 0) is 16.7 Å². The number of carbonyl (C=O) groups is 3. The monoisotopic (exact) mass is 527 g/mol. The molecule has 8 heteroatoms. The van der Waals surface area contributed by atoms with E-state index in [-0.39, 0.29) is 23.0 Å². The third-order valence-corrected chi connectivity index (χ3v) is 8.37. The summed E-state index contributed by atoms with van der Waals surface area (Å²) >= 11 is 0. The van der Waals surface area contributed by atoms with Crippen molar-refractivity contribution in [2.24, 2.45) is 10.5 Å². The molecule has 3 aliphatic rings. The molecule has 0 amide bonds. The summed E-state index contributed by atoms with van der Waals surface area (Å²) < 4.78 is 0. The molecule has 4 aromatic rings. The molecule has 4 aromatic carbocycles. The molecule has 2 aliphatic heterocycles. The van der Waals surface area contributed by atoms with Crippen molar-refractivity contribution in [1.82, 2.24) is 5.01 Å². The summed E-state index contributed by atoms with van der Waals surface area (Å²) in [5, 5.41) is 17.8. The summed E-state index contributed by atoms with van der Waals surface area (Å²) in [6.45, 7) is 0. The van der Waals surface area contributed by atoms with E-state index in [4.69, 9.17) is 5.10 Å². The van der Waals surface area contributed by atoms with Crippen LogP contribution in [0.5, 0.6) is 0 Å². The van der Waals surface area contributed by atoms with Crippen LogP contribution in [0, 0.1) is 15.5 Å². The van der Waals surface area contributed by atoms with Crippen molar-refractivity contribution in [3.63, 3.8) is 0 Å². The number of ketones is 3. The molecular formula is C32H21N3O5. The van der Waals surface area contributed by atoms with E-state index in [0.717, 1.165) is 11.1 Å². The molecule has 194 valence electrons. The molecule has 3 atom stereocenters. The summed E-state index contributed by atoms with van der Waals surface area (Å²) in [6.07, 6.45) is 1.65. The zero-order chi connectivity index (χ0) is 27.6. The van der Waals surface area contributed by atoms with Crippen LogP contribution in [-0.4, -0.2) is 39.5 Å². The number of nitro groups is 1. The average molecular weight is 528 g/mol. The van der Waals surface area contributed by atoms with Crippen molar-refractivity contribution in [3.05, 3.63) is 147 Å².